The second kappa shape index (κ2) is 9.31. The van der Waals surface area contributed by atoms with E-state index >= 15 is 0 Å². The molecule has 130 valence electrons. The van der Waals surface area contributed by atoms with Gasteiger partial charge in [-0.15, -0.1) is 0 Å². The van der Waals surface area contributed by atoms with E-state index in [9.17, 15) is 0 Å². The van der Waals surface area contributed by atoms with Crippen LogP contribution in [0.15, 0.2) is 6.07 Å². The standard InChI is InChI=1S/C14H28N8S/c1-20(2)12-10-11(18-14(19-12)21(3)4)16-6-8-22(5)9-7-17-13(15)23/h10H,6-9H2,1-5H3,(H3,15,17,23)(H,16,18,19). The lowest BCUT2D eigenvalue weighted by molar-refractivity contribution is 0.352. The number of anilines is 3. The molecule has 23 heavy (non-hydrogen) atoms. The minimum absolute atomic E-state index is 0.338. The van der Waals surface area contributed by atoms with Crippen molar-refractivity contribution in [3.05, 3.63) is 6.07 Å². The first-order valence-corrected chi connectivity index (χ1v) is 7.90. The summed E-state index contributed by atoms with van der Waals surface area (Å²) in [7, 11) is 9.85. The van der Waals surface area contributed by atoms with Crippen LogP contribution in [0.4, 0.5) is 17.6 Å². The van der Waals surface area contributed by atoms with Gasteiger partial charge in [-0.3, -0.25) is 0 Å². The zero-order valence-corrected chi connectivity index (χ0v) is 15.4. The first kappa shape index (κ1) is 19.2. The number of hydrogen-bond acceptors (Lipinski definition) is 7. The maximum absolute atomic E-state index is 5.40. The van der Waals surface area contributed by atoms with Gasteiger partial charge in [0.1, 0.15) is 11.6 Å². The van der Waals surface area contributed by atoms with Crippen LogP contribution in [-0.4, -0.2) is 81.4 Å². The van der Waals surface area contributed by atoms with Crippen molar-refractivity contribution < 1.29 is 0 Å². The molecule has 1 aromatic rings. The average molecular weight is 341 g/mol. The van der Waals surface area contributed by atoms with E-state index in [1.807, 2.05) is 44.1 Å². The largest absolute Gasteiger partial charge is 0.376 e. The predicted octanol–water partition coefficient (Wildman–Crippen LogP) is -0.214. The van der Waals surface area contributed by atoms with Crippen molar-refractivity contribution in [3.63, 3.8) is 0 Å². The third-order valence-electron chi connectivity index (χ3n) is 3.15. The van der Waals surface area contributed by atoms with E-state index in [1.165, 1.54) is 0 Å². The van der Waals surface area contributed by atoms with E-state index in [1.54, 1.807) is 0 Å². The molecule has 0 unspecified atom stereocenters. The molecule has 9 heteroatoms. The third kappa shape index (κ3) is 7.29. The summed E-state index contributed by atoms with van der Waals surface area (Å²) in [6.07, 6.45) is 0. The Bertz CT molecular complexity index is 479. The van der Waals surface area contributed by atoms with Crippen LogP contribution in [0.5, 0.6) is 0 Å². The van der Waals surface area contributed by atoms with Gasteiger partial charge in [0.05, 0.1) is 0 Å². The predicted molar refractivity (Wildman–Crippen MR) is 101 cm³/mol. The lowest BCUT2D eigenvalue weighted by atomic mass is 10.4. The van der Waals surface area contributed by atoms with E-state index in [2.05, 4.69) is 32.5 Å². The quantitative estimate of drug-likeness (QED) is 0.528. The summed E-state index contributed by atoms with van der Waals surface area (Å²) in [6, 6.07) is 1.95. The molecule has 0 radical (unpaired) electrons. The van der Waals surface area contributed by atoms with Crippen molar-refractivity contribution >= 4 is 34.9 Å². The maximum Gasteiger partial charge on any atom is 0.228 e. The minimum Gasteiger partial charge on any atom is -0.376 e. The Labute approximate surface area is 144 Å². The summed E-state index contributed by atoms with van der Waals surface area (Å²) in [6.45, 7) is 3.29. The highest BCUT2D eigenvalue weighted by Crippen LogP contribution is 2.17. The molecular weight excluding hydrogens is 312 g/mol. The highest BCUT2D eigenvalue weighted by molar-refractivity contribution is 7.80. The number of nitrogens with zero attached hydrogens (tertiary/aromatic N) is 5. The molecule has 0 aliphatic heterocycles. The molecule has 0 saturated heterocycles. The molecule has 8 nitrogen and oxygen atoms in total. The van der Waals surface area contributed by atoms with Crippen molar-refractivity contribution in [3.8, 4) is 0 Å². The Morgan fingerprint density at radius 1 is 1.09 bits per heavy atom. The number of aromatic nitrogens is 2. The summed E-state index contributed by atoms with van der Waals surface area (Å²) in [5, 5.41) is 6.63. The average Bonchev–Trinajstić information content (AvgIpc) is 2.46. The van der Waals surface area contributed by atoms with Crippen molar-refractivity contribution in [2.45, 2.75) is 0 Å². The number of nitrogens with one attached hydrogen (secondary N) is 2. The molecule has 0 fully saturated rings. The fourth-order valence-corrected chi connectivity index (χ4v) is 1.90. The summed E-state index contributed by atoms with van der Waals surface area (Å²) in [5.74, 6) is 2.38. The van der Waals surface area contributed by atoms with Gasteiger partial charge in [-0.2, -0.15) is 9.97 Å². The molecule has 1 aromatic heterocycles. The van der Waals surface area contributed by atoms with Gasteiger partial charge in [-0.1, -0.05) is 0 Å². The molecule has 0 aliphatic carbocycles. The maximum atomic E-state index is 5.40. The van der Waals surface area contributed by atoms with Gasteiger partial charge in [0.25, 0.3) is 0 Å². The van der Waals surface area contributed by atoms with Crippen molar-refractivity contribution in [1.82, 2.24) is 20.2 Å². The minimum atomic E-state index is 0.338. The van der Waals surface area contributed by atoms with E-state index in [0.717, 1.165) is 37.8 Å². The Hall–Kier alpha value is -1.87. The molecule has 1 rings (SSSR count). The topological polar surface area (TPSA) is 85.6 Å². The number of nitrogens with two attached hydrogens (primary N) is 1. The summed E-state index contributed by atoms with van der Waals surface area (Å²) in [4.78, 5) is 15.1. The van der Waals surface area contributed by atoms with Crippen molar-refractivity contribution in [2.24, 2.45) is 5.73 Å². The van der Waals surface area contributed by atoms with Crippen LogP contribution in [0, 0.1) is 0 Å². The molecule has 0 aromatic carbocycles. The van der Waals surface area contributed by atoms with Crippen LogP contribution in [0.25, 0.3) is 0 Å². The Balaban J connectivity index is 2.52. The van der Waals surface area contributed by atoms with Crippen LogP contribution in [0.3, 0.4) is 0 Å². The van der Waals surface area contributed by atoms with Gasteiger partial charge in [0.15, 0.2) is 5.11 Å². The van der Waals surface area contributed by atoms with Crippen LogP contribution in [0.2, 0.25) is 0 Å². The molecule has 0 amide bonds. The Kier molecular flexibility index (Phi) is 7.76. The molecular formula is C14H28N8S. The van der Waals surface area contributed by atoms with Crippen LogP contribution >= 0.6 is 12.2 Å². The van der Waals surface area contributed by atoms with Gasteiger partial charge in [0.2, 0.25) is 5.95 Å². The molecule has 4 N–H and O–H groups in total. The SMILES string of the molecule is CN(CCNC(N)=S)CCNc1cc(N(C)C)nc(N(C)C)n1. The van der Waals surface area contributed by atoms with Gasteiger partial charge >= 0.3 is 0 Å². The highest BCUT2D eigenvalue weighted by atomic mass is 32.1. The molecule has 0 saturated carbocycles. The lowest BCUT2D eigenvalue weighted by Crippen LogP contribution is -2.37. The first-order chi connectivity index (χ1) is 10.8. The number of thiocarbonyl (C=S) groups is 1. The zero-order chi connectivity index (χ0) is 17.4. The smallest absolute Gasteiger partial charge is 0.228 e. The second-order valence-electron chi connectivity index (χ2n) is 5.72. The molecule has 0 spiro atoms. The fraction of sp³-hybridized carbons (Fsp3) is 0.643. The third-order valence-corrected chi connectivity index (χ3v) is 3.30. The van der Waals surface area contributed by atoms with Gasteiger partial charge in [0, 0.05) is 60.4 Å². The van der Waals surface area contributed by atoms with Gasteiger partial charge in [-0.05, 0) is 19.3 Å². The van der Waals surface area contributed by atoms with E-state index in [-0.39, 0.29) is 0 Å². The first-order valence-electron chi connectivity index (χ1n) is 7.49. The van der Waals surface area contributed by atoms with E-state index in [0.29, 0.717) is 11.1 Å². The molecule has 0 atom stereocenters. The monoisotopic (exact) mass is 340 g/mol. The van der Waals surface area contributed by atoms with E-state index < -0.39 is 0 Å². The van der Waals surface area contributed by atoms with Crippen molar-refractivity contribution in [1.29, 1.82) is 0 Å². The number of rotatable bonds is 9. The lowest BCUT2D eigenvalue weighted by Gasteiger charge is -2.19. The number of hydrogen-bond donors (Lipinski definition) is 3. The zero-order valence-electron chi connectivity index (χ0n) is 14.6. The molecule has 0 aliphatic rings. The summed E-state index contributed by atoms with van der Waals surface area (Å²) < 4.78 is 0. The summed E-state index contributed by atoms with van der Waals surface area (Å²) >= 11 is 4.78. The van der Waals surface area contributed by atoms with Crippen LogP contribution < -0.4 is 26.2 Å². The second-order valence-corrected chi connectivity index (χ2v) is 6.16. The number of likely N-dealkylation sites (N-methyl/N-ethyl adjacent to an activating group) is 1. The van der Waals surface area contributed by atoms with E-state index in [4.69, 9.17) is 18.0 Å². The normalized spacial score (nSPS) is 10.5. The van der Waals surface area contributed by atoms with Gasteiger partial charge in [-0.25, -0.2) is 0 Å². The highest BCUT2D eigenvalue weighted by Gasteiger charge is 2.08. The molecule has 1 heterocycles. The summed E-state index contributed by atoms with van der Waals surface area (Å²) in [5.41, 5.74) is 5.40. The fourth-order valence-electron chi connectivity index (χ4n) is 1.80. The van der Waals surface area contributed by atoms with Crippen molar-refractivity contribution in [2.75, 3.05) is 76.5 Å². The Morgan fingerprint density at radius 3 is 2.30 bits per heavy atom. The van der Waals surface area contributed by atoms with Gasteiger partial charge < -0.3 is 31.1 Å². The van der Waals surface area contributed by atoms with Crippen LogP contribution in [-0.2, 0) is 0 Å². The molecule has 0 bridgehead atoms. The Morgan fingerprint density at radius 2 is 1.74 bits per heavy atom. The van der Waals surface area contributed by atoms with Crippen LogP contribution in [0.1, 0.15) is 0 Å².